The van der Waals surface area contributed by atoms with Crippen molar-refractivity contribution in [3.63, 3.8) is 0 Å². The third kappa shape index (κ3) is 1.34. The fraction of sp³-hybridized carbons (Fsp3) is 0.833. The number of ether oxygens (including phenoxy) is 1. The molecule has 0 bridgehead atoms. The number of rotatable bonds is 1. The largest absolute Gasteiger partial charge is 0.480 e. The van der Waals surface area contributed by atoms with Crippen molar-refractivity contribution in [3.05, 3.63) is 0 Å². The minimum atomic E-state index is -1.74. The van der Waals surface area contributed by atoms with Crippen LogP contribution in [0.2, 0.25) is 0 Å². The molecule has 1 heterocycles. The normalized spacial score (nSPS) is 38.5. The van der Waals surface area contributed by atoms with Gasteiger partial charge in [-0.25, -0.2) is 4.39 Å². The van der Waals surface area contributed by atoms with Gasteiger partial charge in [0.2, 0.25) is 0 Å². The van der Waals surface area contributed by atoms with Gasteiger partial charge < -0.3 is 15.6 Å². The fourth-order valence-electron chi connectivity index (χ4n) is 0.974. The molecular weight excluding hydrogens is 152 g/mol. The molecular formula is C6H10FNO3. The molecule has 0 aromatic heterocycles. The standard InChI is InChI=1S/C6H10FNO3/c7-4-3-11-2-1-6(4,8)5(9)10/h4H,1-3,8H2,(H,9,10)/i7-1. The maximum absolute atomic E-state index is 12.9. The summed E-state index contributed by atoms with van der Waals surface area (Å²) in [5.74, 6) is -1.30. The Kier molecular flexibility index (Phi) is 2.10. The maximum Gasteiger partial charge on any atom is 0.326 e. The molecule has 1 saturated heterocycles. The summed E-state index contributed by atoms with van der Waals surface area (Å²) in [5, 5.41) is 8.55. The van der Waals surface area contributed by atoms with Gasteiger partial charge in [0.15, 0.2) is 11.7 Å². The molecule has 1 aliphatic rings. The van der Waals surface area contributed by atoms with Crippen molar-refractivity contribution in [3.8, 4) is 0 Å². The van der Waals surface area contributed by atoms with Crippen molar-refractivity contribution in [1.82, 2.24) is 0 Å². The second-order valence-electron chi connectivity index (χ2n) is 2.64. The highest BCUT2D eigenvalue weighted by atomic mass is 18.2. The summed E-state index contributed by atoms with van der Waals surface area (Å²) in [5.41, 5.74) is 3.55. The first-order chi connectivity index (χ1) is 5.07. The van der Waals surface area contributed by atoms with Gasteiger partial charge in [-0.1, -0.05) is 0 Å². The number of carboxylic acids is 1. The van der Waals surface area contributed by atoms with Gasteiger partial charge in [0, 0.05) is 13.0 Å². The Bertz CT molecular complexity index is 175. The van der Waals surface area contributed by atoms with E-state index in [9.17, 15) is 9.18 Å². The van der Waals surface area contributed by atoms with Crippen molar-refractivity contribution in [2.24, 2.45) is 5.73 Å². The molecule has 11 heavy (non-hydrogen) atoms. The van der Waals surface area contributed by atoms with Gasteiger partial charge >= 0.3 is 5.97 Å². The second-order valence-corrected chi connectivity index (χ2v) is 2.64. The SMILES string of the molecule is NC1(C(=O)O)CCOCC1[18F]. The van der Waals surface area contributed by atoms with E-state index in [1.807, 2.05) is 0 Å². The van der Waals surface area contributed by atoms with Crippen molar-refractivity contribution in [2.75, 3.05) is 13.2 Å². The van der Waals surface area contributed by atoms with Crippen molar-refractivity contribution in [1.29, 1.82) is 0 Å². The van der Waals surface area contributed by atoms with Crippen LogP contribution in [-0.4, -0.2) is 36.0 Å². The number of hydrogen-bond donors (Lipinski definition) is 2. The summed E-state index contributed by atoms with van der Waals surface area (Å²) < 4.78 is 17.6. The number of halogens is 1. The molecule has 3 N–H and O–H groups in total. The van der Waals surface area contributed by atoms with Crippen LogP contribution < -0.4 is 5.73 Å². The Morgan fingerprint density at radius 2 is 2.45 bits per heavy atom. The van der Waals surface area contributed by atoms with E-state index in [1.165, 1.54) is 0 Å². The predicted molar refractivity (Wildman–Crippen MR) is 34.9 cm³/mol. The molecule has 0 aromatic rings. The Morgan fingerprint density at radius 1 is 1.82 bits per heavy atom. The van der Waals surface area contributed by atoms with Crippen LogP contribution in [0.5, 0.6) is 0 Å². The Labute approximate surface area is 63.1 Å². The molecule has 0 aromatic carbocycles. The maximum atomic E-state index is 12.9. The Balaban J connectivity index is 2.72. The fourth-order valence-corrected chi connectivity index (χ4v) is 0.974. The van der Waals surface area contributed by atoms with Crippen LogP contribution >= 0.6 is 0 Å². The average Bonchev–Trinajstić information content (AvgIpc) is 1.95. The minimum Gasteiger partial charge on any atom is -0.480 e. The highest BCUT2D eigenvalue weighted by Crippen LogP contribution is 2.21. The second kappa shape index (κ2) is 2.75. The van der Waals surface area contributed by atoms with Crippen LogP contribution in [0, 0.1) is 0 Å². The topological polar surface area (TPSA) is 72.6 Å². The molecule has 0 spiro atoms. The Hall–Kier alpha value is -0.680. The molecule has 0 saturated carbocycles. The van der Waals surface area contributed by atoms with E-state index in [1.54, 1.807) is 0 Å². The molecule has 0 amide bonds. The smallest absolute Gasteiger partial charge is 0.326 e. The van der Waals surface area contributed by atoms with Gasteiger partial charge in [-0.2, -0.15) is 0 Å². The first-order valence-electron chi connectivity index (χ1n) is 3.31. The first-order valence-corrected chi connectivity index (χ1v) is 3.31. The van der Waals surface area contributed by atoms with E-state index in [4.69, 9.17) is 15.6 Å². The number of nitrogens with two attached hydrogens (primary N) is 1. The quantitative estimate of drug-likeness (QED) is 0.546. The zero-order valence-electron chi connectivity index (χ0n) is 5.92. The van der Waals surface area contributed by atoms with Gasteiger partial charge in [0.05, 0.1) is 6.61 Å². The highest BCUT2D eigenvalue weighted by Gasteiger charge is 2.45. The van der Waals surface area contributed by atoms with Crippen LogP contribution in [-0.2, 0) is 9.53 Å². The van der Waals surface area contributed by atoms with Gasteiger partial charge in [0.25, 0.3) is 0 Å². The van der Waals surface area contributed by atoms with Gasteiger partial charge in [-0.3, -0.25) is 4.79 Å². The lowest BCUT2D eigenvalue weighted by atomic mass is 9.90. The zero-order chi connectivity index (χ0) is 8.48. The minimum absolute atomic E-state index is 0.0312. The van der Waals surface area contributed by atoms with Crippen molar-refractivity contribution < 1.29 is 19.0 Å². The number of alkyl halides is 1. The lowest BCUT2D eigenvalue weighted by molar-refractivity contribution is -0.151. The van der Waals surface area contributed by atoms with Crippen LogP contribution in [0.3, 0.4) is 0 Å². The summed E-state index contributed by atoms with van der Waals surface area (Å²) in [6, 6.07) is 0. The van der Waals surface area contributed by atoms with E-state index < -0.39 is 17.7 Å². The summed E-state index contributed by atoms with van der Waals surface area (Å²) in [7, 11) is 0. The average molecular weight is 162 g/mol. The summed E-state index contributed by atoms with van der Waals surface area (Å²) in [4.78, 5) is 10.5. The lowest BCUT2D eigenvalue weighted by Gasteiger charge is -2.32. The molecule has 1 fully saturated rings. The van der Waals surface area contributed by atoms with Crippen LogP contribution in [0.15, 0.2) is 0 Å². The third-order valence-corrected chi connectivity index (χ3v) is 1.88. The third-order valence-electron chi connectivity index (χ3n) is 1.88. The van der Waals surface area contributed by atoms with E-state index in [2.05, 4.69) is 0 Å². The van der Waals surface area contributed by atoms with E-state index >= 15 is 0 Å². The molecule has 1 rings (SSSR count). The molecule has 2 atom stereocenters. The van der Waals surface area contributed by atoms with Crippen LogP contribution in [0.1, 0.15) is 6.42 Å². The molecule has 5 heteroatoms. The number of carbonyl (C=O) groups is 1. The number of hydrogen-bond acceptors (Lipinski definition) is 3. The highest BCUT2D eigenvalue weighted by molar-refractivity contribution is 5.79. The van der Waals surface area contributed by atoms with Crippen molar-refractivity contribution >= 4 is 5.97 Å². The van der Waals surface area contributed by atoms with Crippen LogP contribution in [0.4, 0.5) is 4.39 Å². The van der Waals surface area contributed by atoms with Gasteiger partial charge in [-0.15, -0.1) is 0 Å². The first kappa shape index (κ1) is 8.42. The lowest BCUT2D eigenvalue weighted by Crippen LogP contribution is -2.60. The molecule has 4 nitrogen and oxygen atoms in total. The molecule has 0 radical (unpaired) electrons. The monoisotopic (exact) mass is 162 g/mol. The zero-order valence-corrected chi connectivity index (χ0v) is 5.92. The summed E-state index contributed by atoms with van der Waals surface area (Å²) in [6.07, 6.45) is -1.57. The van der Waals surface area contributed by atoms with E-state index in [0.29, 0.717) is 0 Å². The van der Waals surface area contributed by atoms with E-state index in [0.717, 1.165) is 0 Å². The molecule has 2 unspecified atom stereocenters. The van der Waals surface area contributed by atoms with Gasteiger partial charge in [0.1, 0.15) is 0 Å². The van der Waals surface area contributed by atoms with E-state index in [-0.39, 0.29) is 19.6 Å². The Morgan fingerprint density at radius 3 is 2.82 bits per heavy atom. The molecule has 0 aliphatic carbocycles. The summed E-state index contributed by atoms with van der Waals surface area (Å²) >= 11 is 0. The predicted octanol–water partition coefficient (Wildman–Crippen LogP) is -0.473. The number of aliphatic carboxylic acids is 1. The van der Waals surface area contributed by atoms with Gasteiger partial charge in [-0.05, 0) is 0 Å². The van der Waals surface area contributed by atoms with Crippen molar-refractivity contribution in [2.45, 2.75) is 18.1 Å². The molecule has 1 aliphatic heterocycles. The molecule has 64 valence electrons. The summed E-state index contributed by atoms with van der Waals surface area (Å²) in [6.45, 7) is -0.00792. The number of carboxylic acid groups (broad SMARTS) is 1. The van der Waals surface area contributed by atoms with Crippen LogP contribution in [0.25, 0.3) is 0 Å².